The highest BCUT2D eigenvalue weighted by molar-refractivity contribution is 4.84. The Morgan fingerprint density at radius 1 is 1.08 bits per heavy atom. The van der Waals surface area contributed by atoms with E-state index in [0.29, 0.717) is 0 Å². The van der Waals surface area contributed by atoms with Crippen molar-refractivity contribution in [2.75, 3.05) is 0 Å². The predicted octanol–water partition coefficient (Wildman–Crippen LogP) is 3.67. The first-order valence-electron chi connectivity index (χ1n) is 5.62. The van der Waals surface area contributed by atoms with Crippen molar-refractivity contribution in [1.82, 2.24) is 0 Å². The number of aliphatic hydroxyl groups excluding tert-OH is 1. The van der Waals surface area contributed by atoms with Gasteiger partial charge < -0.3 is 5.11 Å². The van der Waals surface area contributed by atoms with Crippen molar-refractivity contribution < 1.29 is 5.11 Å². The first kappa shape index (κ1) is 12.7. The summed E-state index contributed by atoms with van der Waals surface area (Å²) in [5.41, 5.74) is 0. The molecule has 0 radical (unpaired) electrons. The fourth-order valence-corrected chi connectivity index (χ4v) is 1.45. The molecule has 1 N–H and O–H groups in total. The summed E-state index contributed by atoms with van der Waals surface area (Å²) in [5.74, 6) is 0. The van der Waals surface area contributed by atoms with E-state index in [1.54, 1.807) is 0 Å². The van der Waals surface area contributed by atoms with Gasteiger partial charge in [-0.05, 0) is 13.3 Å². The Kier molecular flexibility index (Phi) is 9.56. The van der Waals surface area contributed by atoms with Crippen LogP contribution < -0.4 is 0 Å². The zero-order valence-corrected chi connectivity index (χ0v) is 9.13. The van der Waals surface area contributed by atoms with Crippen molar-refractivity contribution in [3.8, 4) is 0 Å². The molecule has 13 heavy (non-hydrogen) atoms. The lowest BCUT2D eigenvalue weighted by Gasteiger charge is -2.04. The third-order valence-corrected chi connectivity index (χ3v) is 2.27. The fraction of sp³-hybridized carbons (Fsp3) is 0.833. The summed E-state index contributed by atoms with van der Waals surface area (Å²) in [6.45, 7) is 4.18. The topological polar surface area (TPSA) is 20.2 Å². The number of hydrogen-bond acceptors (Lipinski definition) is 1. The third kappa shape index (κ3) is 9.62. The molecule has 0 amide bonds. The normalized spacial score (nSPS) is 13.8. The van der Waals surface area contributed by atoms with Gasteiger partial charge in [-0.15, -0.1) is 0 Å². The molecule has 1 nitrogen and oxygen atoms in total. The van der Waals surface area contributed by atoms with Gasteiger partial charge >= 0.3 is 0 Å². The number of allylic oxidation sites excluding steroid dienone is 1. The van der Waals surface area contributed by atoms with Crippen molar-refractivity contribution in [2.24, 2.45) is 0 Å². The monoisotopic (exact) mass is 184 g/mol. The van der Waals surface area contributed by atoms with E-state index in [9.17, 15) is 5.11 Å². The highest BCUT2D eigenvalue weighted by atomic mass is 16.3. The average molecular weight is 184 g/mol. The second-order valence-electron chi connectivity index (χ2n) is 3.65. The van der Waals surface area contributed by atoms with E-state index in [-0.39, 0.29) is 6.10 Å². The maximum Gasteiger partial charge on any atom is 0.0720 e. The van der Waals surface area contributed by atoms with Crippen LogP contribution in [-0.2, 0) is 0 Å². The van der Waals surface area contributed by atoms with Crippen LogP contribution in [0, 0.1) is 0 Å². The smallest absolute Gasteiger partial charge is 0.0720 e. The molecular weight excluding hydrogens is 160 g/mol. The Labute approximate surface area is 82.9 Å². The van der Waals surface area contributed by atoms with E-state index >= 15 is 0 Å². The van der Waals surface area contributed by atoms with Gasteiger partial charge in [0.2, 0.25) is 0 Å². The van der Waals surface area contributed by atoms with Crippen molar-refractivity contribution in [1.29, 1.82) is 0 Å². The van der Waals surface area contributed by atoms with Gasteiger partial charge in [-0.3, -0.25) is 0 Å². The predicted molar refractivity (Wildman–Crippen MR) is 58.8 cm³/mol. The molecule has 0 aliphatic rings. The summed E-state index contributed by atoms with van der Waals surface area (Å²) in [5, 5.41) is 9.37. The van der Waals surface area contributed by atoms with Crippen LogP contribution in [0.1, 0.15) is 58.8 Å². The number of aliphatic hydroxyl groups is 1. The van der Waals surface area contributed by atoms with Gasteiger partial charge in [0.15, 0.2) is 0 Å². The summed E-state index contributed by atoms with van der Waals surface area (Å²) in [6, 6.07) is 0. The Bertz CT molecular complexity index is 118. The Morgan fingerprint density at radius 2 is 1.69 bits per heavy atom. The lowest BCUT2D eigenvalue weighted by atomic mass is 10.1. The summed E-state index contributed by atoms with van der Waals surface area (Å²) in [7, 11) is 0. The highest BCUT2D eigenvalue weighted by Gasteiger charge is 1.97. The first-order valence-corrected chi connectivity index (χ1v) is 5.62. The second-order valence-corrected chi connectivity index (χ2v) is 3.65. The molecule has 0 aromatic heterocycles. The van der Waals surface area contributed by atoms with Gasteiger partial charge in [-0.1, -0.05) is 57.6 Å². The van der Waals surface area contributed by atoms with Crippen LogP contribution >= 0.6 is 0 Å². The number of unbranched alkanes of at least 4 members (excludes halogenated alkanes) is 5. The quantitative estimate of drug-likeness (QED) is 0.451. The summed E-state index contributed by atoms with van der Waals surface area (Å²) in [6.07, 6.45) is 12.3. The second kappa shape index (κ2) is 9.79. The van der Waals surface area contributed by atoms with Gasteiger partial charge in [-0.2, -0.15) is 0 Å². The van der Waals surface area contributed by atoms with E-state index in [1.165, 1.54) is 32.1 Å². The van der Waals surface area contributed by atoms with E-state index in [2.05, 4.69) is 6.92 Å². The zero-order valence-electron chi connectivity index (χ0n) is 9.13. The largest absolute Gasteiger partial charge is 0.389 e. The lowest BCUT2D eigenvalue weighted by molar-refractivity contribution is 0.208. The minimum atomic E-state index is -0.212. The van der Waals surface area contributed by atoms with Gasteiger partial charge in [0.05, 0.1) is 6.10 Å². The maximum atomic E-state index is 9.37. The van der Waals surface area contributed by atoms with Crippen LogP contribution in [0.4, 0.5) is 0 Å². The number of hydrogen-bond donors (Lipinski definition) is 1. The lowest BCUT2D eigenvalue weighted by Crippen LogP contribution is -2.00. The molecule has 1 heteroatoms. The molecular formula is C12H24O. The molecule has 0 spiro atoms. The molecule has 0 bridgehead atoms. The summed E-state index contributed by atoms with van der Waals surface area (Å²) < 4.78 is 0. The molecule has 0 aromatic carbocycles. The minimum absolute atomic E-state index is 0.212. The molecule has 1 unspecified atom stereocenters. The molecule has 0 fully saturated rings. The molecule has 0 rings (SSSR count). The van der Waals surface area contributed by atoms with Crippen LogP contribution in [0.15, 0.2) is 12.2 Å². The van der Waals surface area contributed by atoms with Crippen molar-refractivity contribution in [3.63, 3.8) is 0 Å². The Morgan fingerprint density at radius 3 is 2.31 bits per heavy atom. The molecule has 0 aliphatic carbocycles. The van der Waals surface area contributed by atoms with E-state index in [0.717, 1.165) is 12.8 Å². The minimum Gasteiger partial charge on any atom is -0.389 e. The zero-order chi connectivity index (χ0) is 9.94. The van der Waals surface area contributed by atoms with Crippen LogP contribution in [0.5, 0.6) is 0 Å². The Balaban J connectivity index is 3.06. The average Bonchev–Trinajstić information content (AvgIpc) is 2.11. The van der Waals surface area contributed by atoms with E-state index < -0.39 is 0 Å². The summed E-state index contributed by atoms with van der Waals surface area (Å²) >= 11 is 0. The molecule has 1 atom stereocenters. The standard InChI is InChI=1S/C12H24O/c1-3-5-6-7-8-9-11-12(13)10-4-2/h4,10,12-13H,3,5-9,11H2,1-2H3. The molecule has 0 saturated heterocycles. The van der Waals surface area contributed by atoms with E-state index in [1.807, 2.05) is 19.1 Å². The van der Waals surface area contributed by atoms with Crippen LogP contribution in [0.3, 0.4) is 0 Å². The van der Waals surface area contributed by atoms with Crippen molar-refractivity contribution in [2.45, 2.75) is 64.9 Å². The van der Waals surface area contributed by atoms with Gasteiger partial charge in [0, 0.05) is 0 Å². The molecule has 78 valence electrons. The van der Waals surface area contributed by atoms with Gasteiger partial charge in [0.25, 0.3) is 0 Å². The maximum absolute atomic E-state index is 9.37. The SMILES string of the molecule is CC=CC(O)CCCCCCCC. The molecule has 0 heterocycles. The van der Waals surface area contributed by atoms with Crippen molar-refractivity contribution >= 4 is 0 Å². The van der Waals surface area contributed by atoms with Gasteiger partial charge in [-0.25, -0.2) is 0 Å². The number of rotatable bonds is 8. The van der Waals surface area contributed by atoms with Crippen LogP contribution in [0.2, 0.25) is 0 Å². The molecule has 0 aromatic rings. The molecule has 0 saturated carbocycles. The molecule has 0 aliphatic heterocycles. The third-order valence-electron chi connectivity index (χ3n) is 2.27. The van der Waals surface area contributed by atoms with E-state index in [4.69, 9.17) is 0 Å². The van der Waals surface area contributed by atoms with Gasteiger partial charge in [0.1, 0.15) is 0 Å². The van der Waals surface area contributed by atoms with Crippen molar-refractivity contribution in [3.05, 3.63) is 12.2 Å². The fourth-order valence-electron chi connectivity index (χ4n) is 1.45. The summed E-state index contributed by atoms with van der Waals surface area (Å²) in [4.78, 5) is 0. The first-order chi connectivity index (χ1) is 6.31. The van der Waals surface area contributed by atoms with Crippen LogP contribution in [0.25, 0.3) is 0 Å². The highest BCUT2D eigenvalue weighted by Crippen LogP contribution is 2.08. The van der Waals surface area contributed by atoms with Crippen LogP contribution in [-0.4, -0.2) is 11.2 Å². The Hall–Kier alpha value is -0.300.